The summed E-state index contributed by atoms with van der Waals surface area (Å²) in [5, 5.41) is 7.39. The average Bonchev–Trinajstić information content (AvgIpc) is 3.67. The van der Waals surface area contributed by atoms with Gasteiger partial charge < -0.3 is 34.9 Å². The standard InChI is InChI=1S/C42H56ClN5O6/c1-26(2)54-37-17-14-28(18-38(37)53-4)42(52)48-23-30-22-47(39(49)19-29-21-45-36-20-31(43)15-16-32(29)36)25-34(33(30)24-48)40(50)46-35(41(51)44-3)13-9-12-27-10-7-5-6-8-11-27/h14-18,20-21,26-27,30,33-35,45H,5-13,19,22-25H2,1-4H3,(H,44,51)(H,46,50)/t30?,33?,34?,35-/m0/s1. The first kappa shape index (κ1) is 39.4. The predicted molar refractivity (Wildman–Crippen MR) is 210 cm³/mol. The van der Waals surface area contributed by atoms with Crippen molar-refractivity contribution in [3.05, 3.63) is 58.7 Å². The smallest absolute Gasteiger partial charge is 0.254 e. The summed E-state index contributed by atoms with van der Waals surface area (Å²) in [6.45, 7) is 5.25. The van der Waals surface area contributed by atoms with Gasteiger partial charge in [-0.25, -0.2) is 0 Å². The molecule has 2 saturated heterocycles. The number of nitrogens with one attached hydrogen (secondary N) is 3. The number of fused-ring (bicyclic) bond motifs is 2. The first-order valence-corrected chi connectivity index (χ1v) is 20.1. The topological polar surface area (TPSA) is 133 Å². The zero-order valence-corrected chi connectivity index (χ0v) is 32.9. The first-order chi connectivity index (χ1) is 26.0. The van der Waals surface area contributed by atoms with Crippen LogP contribution >= 0.6 is 11.6 Å². The van der Waals surface area contributed by atoms with E-state index in [1.54, 1.807) is 42.2 Å². The van der Waals surface area contributed by atoms with E-state index >= 15 is 0 Å². The number of piperidine rings is 1. The molecule has 2 aliphatic heterocycles. The maximum Gasteiger partial charge on any atom is 0.254 e. The number of methoxy groups -OCH3 is 1. The Kier molecular flexibility index (Phi) is 13.1. The molecule has 1 aromatic heterocycles. The van der Waals surface area contributed by atoms with E-state index in [-0.39, 0.29) is 54.5 Å². The maximum absolute atomic E-state index is 14.3. The highest BCUT2D eigenvalue weighted by Crippen LogP contribution is 2.38. The van der Waals surface area contributed by atoms with Gasteiger partial charge in [0.05, 0.1) is 25.6 Å². The van der Waals surface area contributed by atoms with Gasteiger partial charge in [-0.15, -0.1) is 0 Å². The highest BCUT2D eigenvalue weighted by atomic mass is 35.5. The van der Waals surface area contributed by atoms with Crippen molar-refractivity contribution in [1.82, 2.24) is 25.4 Å². The van der Waals surface area contributed by atoms with Crippen LogP contribution in [0.3, 0.4) is 0 Å². The zero-order chi connectivity index (χ0) is 38.4. The molecule has 3 N–H and O–H groups in total. The Balaban J connectivity index is 1.20. The van der Waals surface area contributed by atoms with Crippen LogP contribution in [0.25, 0.3) is 10.9 Å². The van der Waals surface area contributed by atoms with E-state index in [4.69, 9.17) is 21.1 Å². The van der Waals surface area contributed by atoms with Crippen LogP contribution in [0, 0.1) is 23.7 Å². The minimum absolute atomic E-state index is 0.0603. The van der Waals surface area contributed by atoms with Gasteiger partial charge in [0.15, 0.2) is 11.5 Å². The number of likely N-dealkylation sites (N-methyl/N-ethyl adjacent to an activating group) is 1. The van der Waals surface area contributed by atoms with Gasteiger partial charge in [0, 0.05) is 60.9 Å². The molecule has 6 rings (SSSR count). The second-order valence-electron chi connectivity index (χ2n) is 15.7. The summed E-state index contributed by atoms with van der Waals surface area (Å²) in [6, 6.07) is 10.1. The van der Waals surface area contributed by atoms with E-state index in [1.165, 1.54) is 38.5 Å². The number of nitrogens with zero attached hydrogens (tertiary/aromatic N) is 2. The minimum Gasteiger partial charge on any atom is -0.493 e. The number of ether oxygens (including phenoxy) is 2. The number of carbonyl (C=O) groups is 4. The maximum atomic E-state index is 14.3. The monoisotopic (exact) mass is 761 g/mol. The zero-order valence-electron chi connectivity index (χ0n) is 32.1. The number of benzene rings is 2. The SMILES string of the molecule is CNC(=O)[C@H](CCCC1CCCCCC1)NC(=O)C1CN(C(=O)Cc2c[nH]c3cc(Cl)ccc23)CC2CN(C(=O)c3ccc(OC(C)C)c(OC)c3)CC21. The van der Waals surface area contributed by atoms with E-state index in [2.05, 4.69) is 15.6 Å². The fraction of sp³-hybridized carbons (Fsp3) is 0.571. The average molecular weight is 762 g/mol. The molecule has 3 aromatic rings. The molecule has 1 saturated carbocycles. The van der Waals surface area contributed by atoms with Crippen molar-refractivity contribution >= 4 is 46.1 Å². The van der Waals surface area contributed by atoms with Crippen molar-refractivity contribution in [2.45, 2.75) is 90.2 Å². The van der Waals surface area contributed by atoms with Gasteiger partial charge in [-0.3, -0.25) is 19.2 Å². The largest absolute Gasteiger partial charge is 0.493 e. The molecule has 54 heavy (non-hydrogen) atoms. The lowest BCUT2D eigenvalue weighted by atomic mass is 9.79. The Morgan fingerprint density at radius 1 is 0.944 bits per heavy atom. The van der Waals surface area contributed by atoms with Crippen molar-refractivity contribution < 1.29 is 28.7 Å². The summed E-state index contributed by atoms with van der Waals surface area (Å²) in [6.07, 6.45) is 12.0. The fourth-order valence-corrected chi connectivity index (χ4v) is 8.99. The van der Waals surface area contributed by atoms with Gasteiger partial charge >= 0.3 is 0 Å². The first-order valence-electron chi connectivity index (χ1n) is 19.7. The fourth-order valence-electron chi connectivity index (χ4n) is 8.82. The van der Waals surface area contributed by atoms with Gasteiger partial charge in [-0.05, 0) is 73.9 Å². The van der Waals surface area contributed by atoms with Crippen molar-refractivity contribution in [2.24, 2.45) is 23.7 Å². The minimum atomic E-state index is -0.672. The number of aromatic amines is 1. The second-order valence-corrected chi connectivity index (χ2v) is 16.2. The molecule has 0 spiro atoms. The van der Waals surface area contributed by atoms with Crippen LogP contribution in [-0.2, 0) is 20.8 Å². The Morgan fingerprint density at radius 3 is 2.43 bits per heavy atom. The third-order valence-corrected chi connectivity index (χ3v) is 11.9. The lowest BCUT2D eigenvalue weighted by Gasteiger charge is -2.40. The summed E-state index contributed by atoms with van der Waals surface area (Å²) < 4.78 is 11.4. The Labute approximate surface area is 323 Å². The van der Waals surface area contributed by atoms with E-state index in [0.717, 1.165) is 29.3 Å². The molecule has 3 heterocycles. The number of amides is 4. The Bertz CT molecular complexity index is 1800. The molecule has 2 aromatic carbocycles. The van der Waals surface area contributed by atoms with E-state index < -0.39 is 12.0 Å². The number of H-pyrrole nitrogens is 1. The molecule has 0 bridgehead atoms. The highest BCUT2D eigenvalue weighted by molar-refractivity contribution is 6.31. The van der Waals surface area contributed by atoms with Crippen molar-refractivity contribution in [2.75, 3.05) is 40.3 Å². The third kappa shape index (κ3) is 9.33. The Hall–Kier alpha value is -4.25. The van der Waals surface area contributed by atoms with Crippen molar-refractivity contribution in [1.29, 1.82) is 0 Å². The number of hydrogen-bond donors (Lipinski definition) is 3. The number of likely N-dealkylation sites (tertiary alicyclic amines) is 2. The van der Waals surface area contributed by atoms with Crippen LogP contribution in [0.15, 0.2) is 42.6 Å². The lowest BCUT2D eigenvalue weighted by Crippen LogP contribution is -2.56. The molecule has 1 aliphatic carbocycles. The number of halogens is 1. The molecule has 3 unspecified atom stereocenters. The molecule has 3 fully saturated rings. The van der Waals surface area contributed by atoms with Gasteiger partial charge in [-0.1, -0.05) is 69.0 Å². The quantitative estimate of drug-likeness (QED) is 0.173. The van der Waals surface area contributed by atoms with E-state index in [1.807, 2.05) is 38.2 Å². The van der Waals surface area contributed by atoms with Gasteiger partial charge in [0.1, 0.15) is 6.04 Å². The molecule has 292 valence electrons. The third-order valence-electron chi connectivity index (χ3n) is 11.7. The Morgan fingerprint density at radius 2 is 1.70 bits per heavy atom. The normalized spacial score (nSPS) is 21.0. The molecule has 11 nitrogen and oxygen atoms in total. The van der Waals surface area contributed by atoms with Crippen LogP contribution in [0.1, 0.15) is 87.6 Å². The van der Waals surface area contributed by atoms with Crippen LogP contribution in [0.5, 0.6) is 11.5 Å². The summed E-state index contributed by atoms with van der Waals surface area (Å²) in [7, 11) is 3.14. The van der Waals surface area contributed by atoms with Crippen LogP contribution < -0.4 is 20.1 Å². The summed E-state index contributed by atoms with van der Waals surface area (Å²) >= 11 is 6.20. The van der Waals surface area contributed by atoms with E-state index in [0.29, 0.717) is 54.1 Å². The van der Waals surface area contributed by atoms with E-state index in [9.17, 15) is 19.2 Å². The van der Waals surface area contributed by atoms with Crippen LogP contribution in [-0.4, -0.2) is 90.9 Å². The van der Waals surface area contributed by atoms with Crippen molar-refractivity contribution in [3.63, 3.8) is 0 Å². The summed E-state index contributed by atoms with van der Waals surface area (Å²) in [4.78, 5) is 62.3. The number of carbonyl (C=O) groups excluding carboxylic acids is 4. The van der Waals surface area contributed by atoms with Crippen molar-refractivity contribution in [3.8, 4) is 11.5 Å². The van der Waals surface area contributed by atoms with Crippen LogP contribution in [0.2, 0.25) is 5.02 Å². The molecular formula is C42H56ClN5O6. The highest BCUT2D eigenvalue weighted by Gasteiger charge is 2.48. The number of hydrogen-bond acceptors (Lipinski definition) is 6. The van der Waals surface area contributed by atoms with Gasteiger partial charge in [0.25, 0.3) is 5.91 Å². The number of aromatic nitrogens is 1. The molecule has 4 atom stereocenters. The molecule has 4 amide bonds. The summed E-state index contributed by atoms with van der Waals surface area (Å²) in [5.41, 5.74) is 2.17. The molecular weight excluding hydrogens is 706 g/mol. The molecule has 3 aliphatic rings. The van der Waals surface area contributed by atoms with Crippen LogP contribution in [0.4, 0.5) is 0 Å². The van der Waals surface area contributed by atoms with Gasteiger partial charge in [0.2, 0.25) is 17.7 Å². The lowest BCUT2D eigenvalue weighted by molar-refractivity contribution is -0.140. The van der Waals surface area contributed by atoms with Gasteiger partial charge in [-0.2, -0.15) is 0 Å². The predicted octanol–water partition coefficient (Wildman–Crippen LogP) is 6.38. The second kappa shape index (κ2) is 17.9. The molecule has 0 radical (unpaired) electrons. The summed E-state index contributed by atoms with van der Waals surface area (Å²) in [5.74, 6) is 0.0589. The number of rotatable bonds is 13. The molecule has 12 heteroatoms.